The predicted molar refractivity (Wildman–Crippen MR) is 46.9 cm³/mol. The van der Waals surface area contributed by atoms with Gasteiger partial charge in [-0.05, 0) is 19.8 Å². The monoisotopic (exact) mass is 171 g/mol. The van der Waals surface area contributed by atoms with Crippen LogP contribution in [0.15, 0.2) is 0 Å². The molecular formula is C9H17NO2. The molecule has 3 nitrogen and oxygen atoms in total. The van der Waals surface area contributed by atoms with Gasteiger partial charge in [0.2, 0.25) is 0 Å². The maximum atomic E-state index is 11.4. The third-order valence-electron chi connectivity index (χ3n) is 2.58. The van der Waals surface area contributed by atoms with Crippen LogP contribution in [-0.2, 0) is 9.53 Å². The summed E-state index contributed by atoms with van der Waals surface area (Å²) in [6.07, 6.45) is 1.60. The normalized spacial score (nSPS) is 28.2. The van der Waals surface area contributed by atoms with Gasteiger partial charge in [-0.3, -0.25) is 10.1 Å². The average molecular weight is 171 g/mol. The summed E-state index contributed by atoms with van der Waals surface area (Å²) < 4.78 is 5.09. The number of cyclic esters (lactones) is 1. The van der Waals surface area contributed by atoms with E-state index in [0.29, 0.717) is 6.61 Å². The Labute approximate surface area is 73.5 Å². The van der Waals surface area contributed by atoms with Gasteiger partial charge in [-0.25, -0.2) is 0 Å². The van der Waals surface area contributed by atoms with E-state index < -0.39 is 5.54 Å². The minimum atomic E-state index is -0.419. The van der Waals surface area contributed by atoms with Gasteiger partial charge < -0.3 is 4.74 Å². The van der Waals surface area contributed by atoms with Crippen LogP contribution in [0.3, 0.4) is 0 Å². The molecule has 0 amide bonds. The number of hydrogen-bond donors (Lipinski definition) is 1. The molecule has 0 saturated carbocycles. The Bertz CT molecular complexity index is 175. The van der Waals surface area contributed by atoms with E-state index in [1.165, 1.54) is 0 Å². The zero-order valence-electron chi connectivity index (χ0n) is 8.02. The number of nitrogens with one attached hydrogen (secondary N) is 1. The quantitative estimate of drug-likeness (QED) is 0.632. The molecule has 1 atom stereocenters. The van der Waals surface area contributed by atoms with Gasteiger partial charge in [-0.1, -0.05) is 13.8 Å². The second-order valence-corrected chi connectivity index (χ2v) is 3.43. The van der Waals surface area contributed by atoms with Crippen LogP contribution in [0.25, 0.3) is 0 Å². The van der Waals surface area contributed by atoms with Crippen molar-refractivity contribution in [2.75, 3.05) is 6.61 Å². The Hall–Kier alpha value is -0.570. The predicted octanol–water partition coefficient (Wildman–Crippen LogP) is 1.08. The summed E-state index contributed by atoms with van der Waals surface area (Å²) >= 11 is 0. The molecule has 1 aliphatic heterocycles. The molecule has 3 heteroatoms. The van der Waals surface area contributed by atoms with Crippen LogP contribution < -0.4 is 5.32 Å². The highest BCUT2D eigenvalue weighted by atomic mass is 16.5. The number of ether oxygens (including phenoxy) is 1. The summed E-state index contributed by atoms with van der Waals surface area (Å²) in [5.41, 5.74) is -0.419. The molecule has 1 fully saturated rings. The highest BCUT2D eigenvalue weighted by Gasteiger charge is 2.40. The van der Waals surface area contributed by atoms with Crippen LogP contribution in [0.1, 0.15) is 33.6 Å². The highest BCUT2D eigenvalue weighted by Crippen LogP contribution is 2.21. The molecule has 12 heavy (non-hydrogen) atoms. The van der Waals surface area contributed by atoms with Crippen LogP contribution in [0, 0.1) is 0 Å². The summed E-state index contributed by atoms with van der Waals surface area (Å²) in [6.45, 7) is 6.55. The first kappa shape index (κ1) is 9.52. The van der Waals surface area contributed by atoms with E-state index >= 15 is 0 Å². The largest absolute Gasteiger partial charge is 0.463 e. The lowest BCUT2D eigenvalue weighted by Crippen LogP contribution is -2.60. The summed E-state index contributed by atoms with van der Waals surface area (Å²) in [5, 5.41) is 3.30. The van der Waals surface area contributed by atoms with Crippen molar-refractivity contribution in [3.05, 3.63) is 0 Å². The topological polar surface area (TPSA) is 38.3 Å². The van der Waals surface area contributed by atoms with E-state index in [2.05, 4.69) is 5.32 Å². The molecule has 0 bridgehead atoms. The van der Waals surface area contributed by atoms with Gasteiger partial charge in [-0.2, -0.15) is 0 Å². The van der Waals surface area contributed by atoms with Crippen molar-refractivity contribution < 1.29 is 9.53 Å². The number of carbonyl (C=O) groups excluding carboxylic acids is 1. The zero-order valence-corrected chi connectivity index (χ0v) is 8.02. The summed E-state index contributed by atoms with van der Waals surface area (Å²) in [6, 6.07) is 0.280. The Balaban J connectivity index is 2.75. The molecule has 0 aromatic heterocycles. The Morgan fingerprint density at radius 3 is 2.58 bits per heavy atom. The fourth-order valence-electron chi connectivity index (χ4n) is 1.65. The van der Waals surface area contributed by atoms with E-state index in [9.17, 15) is 4.79 Å². The van der Waals surface area contributed by atoms with Crippen molar-refractivity contribution in [3.63, 3.8) is 0 Å². The van der Waals surface area contributed by atoms with Crippen LogP contribution in [0.4, 0.5) is 0 Å². The summed E-state index contributed by atoms with van der Waals surface area (Å²) in [7, 11) is 0. The van der Waals surface area contributed by atoms with Crippen molar-refractivity contribution in [1.29, 1.82) is 0 Å². The van der Waals surface area contributed by atoms with E-state index in [1.807, 2.05) is 20.8 Å². The molecule has 0 unspecified atom stereocenters. The molecule has 1 aliphatic rings. The summed E-state index contributed by atoms with van der Waals surface area (Å²) in [5.74, 6) is -0.0920. The number of morpholine rings is 1. The third-order valence-corrected chi connectivity index (χ3v) is 2.58. The second kappa shape index (κ2) is 3.44. The zero-order chi connectivity index (χ0) is 9.19. The molecule has 0 aromatic carbocycles. The van der Waals surface area contributed by atoms with Gasteiger partial charge in [0.1, 0.15) is 12.1 Å². The number of hydrogen-bond acceptors (Lipinski definition) is 3. The molecular weight excluding hydrogens is 154 g/mol. The van der Waals surface area contributed by atoms with Crippen molar-refractivity contribution in [2.24, 2.45) is 0 Å². The second-order valence-electron chi connectivity index (χ2n) is 3.43. The van der Waals surface area contributed by atoms with Gasteiger partial charge in [0.15, 0.2) is 0 Å². The average Bonchev–Trinajstić information content (AvgIpc) is 2.09. The van der Waals surface area contributed by atoms with Crippen LogP contribution in [0.2, 0.25) is 0 Å². The Kier molecular flexibility index (Phi) is 2.73. The molecule has 1 heterocycles. The molecule has 0 spiro atoms. The maximum absolute atomic E-state index is 11.4. The van der Waals surface area contributed by atoms with Gasteiger partial charge in [0, 0.05) is 6.04 Å². The minimum Gasteiger partial charge on any atom is -0.463 e. The lowest BCUT2D eigenvalue weighted by Gasteiger charge is -2.37. The van der Waals surface area contributed by atoms with Crippen molar-refractivity contribution in [3.8, 4) is 0 Å². The smallest absolute Gasteiger partial charge is 0.326 e. The molecule has 0 radical (unpaired) electrons. The lowest BCUT2D eigenvalue weighted by atomic mass is 9.91. The molecule has 70 valence electrons. The first-order valence-electron chi connectivity index (χ1n) is 4.59. The first-order chi connectivity index (χ1) is 5.64. The number of carbonyl (C=O) groups is 1. The highest BCUT2D eigenvalue weighted by molar-refractivity contribution is 5.81. The van der Waals surface area contributed by atoms with E-state index in [0.717, 1.165) is 12.8 Å². The van der Waals surface area contributed by atoms with Crippen molar-refractivity contribution >= 4 is 5.97 Å². The molecule has 0 aliphatic carbocycles. The minimum absolute atomic E-state index is 0.0920. The van der Waals surface area contributed by atoms with Crippen LogP contribution >= 0.6 is 0 Å². The number of esters is 1. The molecule has 1 N–H and O–H groups in total. The fraction of sp³-hybridized carbons (Fsp3) is 0.889. The SMILES string of the molecule is CCC1(CC)N[C@@H](C)COC1=O. The molecule has 1 saturated heterocycles. The number of rotatable bonds is 2. The van der Waals surface area contributed by atoms with Crippen LogP contribution in [0.5, 0.6) is 0 Å². The molecule has 1 rings (SSSR count). The van der Waals surface area contributed by atoms with E-state index in [-0.39, 0.29) is 12.0 Å². The standard InChI is InChI=1S/C9H17NO2/c1-4-9(5-2)8(11)12-6-7(3)10-9/h7,10H,4-6H2,1-3H3/t7-/m0/s1. The Morgan fingerprint density at radius 2 is 2.17 bits per heavy atom. The van der Waals surface area contributed by atoms with Crippen molar-refractivity contribution in [1.82, 2.24) is 5.32 Å². The lowest BCUT2D eigenvalue weighted by molar-refractivity contribution is -0.159. The van der Waals surface area contributed by atoms with Gasteiger partial charge in [-0.15, -0.1) is 0 Å². The van der Waals surface area contributed by atoms with Gasteiger partial charge in [0.25, 0.3) is 0 Å². The van der Waals surface area contributed by atoms with Gasteiger partial charge >= 0.3 is 5.97 Å². The van der Waals surface area contributed by atoms with Crippen molar-refractivity contribution in [2.45, 2.75) is 45.2 Å². The van der Waals surface area contributed by atoms with Gasteiger partial charge in [0.05, 0.1) is 0 Å². The van der Waals surface area contributed by atoms with Crippen LogP contribution in [-0.4, -0.2) is 24.2 Å². The Morgan fingerprint density at radius 1 is 1.58 bits per heavy atom. The summed E-state index contributed by atoms with van der Waals surface area (Å²) in [4.78, 5) is 11.4. The third kappa shape index (κ3) is 1.46. The van der Waals surface area contributed by atoms with E-state index in [4.69, 9.17) is 4.74 Å². The molecule has 0 aromatic rings. The first-order valence-corrected chi connectivity index (χ1v) is 4.59. The van der Waals surface area contributed by atoms with E-state index in [1.54, 1.807) is 0 Å². The maximum Gasteiger partial charge on any atom is 0.326 e. The fourth-order valence-corrected chi connectivity index (χ4v) is 1.65.